The monoisotopic (exact) mass is 767 g/mol. The first-order valence-corrected chi connectivity index (χ1v) is 20.6. The summed E-state index contributed by atoms with van der Waals surface area (Å²) in [5.74, 6) is -1.22. The lowest BCUT2D eigenvalue weighted by Crippen LogP contribution is -2.46. The van der Waals surface area contributed by atoms with Gasteiger partial charge >= 0.3 is 0 Å². The molecule has 15 nitrogen and oxygen atoms in total. The summed E-state index contributed by atoms with van der Waals surface area (Å²) in [6.45, 7) is 5.41. The van der Waals surface area contributed by atoms with Crippen molar-refractivity contribution >= 4 is 35.4 Å². The Kier molecular flexibility index (Phi) is 23.0. The maximum atomic E-state index is 13.0. The third-order valence-electron chi connectivity index (χ3n) is 11.1. The molecule has 6 amide bonds. The molecule has 0 aromatic rings. The van der Waals surface area contributed by atoms with Crippen molar-refractivity contribution in [3.8, 4) is 0 Å². The molecule has 3 rings (SSSR count). The van der Waals surface area contributed by atoms with Crippen molar-refractivity contribution in [3.05, 3.63) is 0 Å². The highest BCUT2D eigenvalue weighted by molar-refractivity contribution is 5.84. The second-order valence-corrected chi connectivity index (χ2v) is 15.5. The number of rotatable bonds is 29. The van der Waals surface area contributed by atoms with E-state index in [1.54, 1.807) is 0 Å². The summed E-state index contributed by atoms with van der Waals surface area (Å²) in [6, 6.07) is 0. The number of nitrogens with one attached hydrogen (secondary N) is 3. The minimum absolute atomic E-state index is 0.0416. The number of nitrogens with zero attached hydrogens (tertiary/aromatic N) is 3. The summed E-state index contributed by atoms with van der Waals surface area (Å²) in [6.07, 6.45) is 16.5. The van der Waals surface area contributed by atoms with Crippen LogP contribution < -0.4 is 16.0 Å². The third kappa shape index (κ3) is 18.8. The van der Waals surface area contributed by atoms with Crippen LogP contribution in [0.3, 0.4) is 0 Å². The number of hydrogen-bond donors (Lipinski definition) is 6. The first-order valence-electron chi connectivity index (χ1n) is 20.6. The quantitative estimate of drug-likeness (QED) is 0.0349. The zero-order valence-electron chi connectivity index (χ0n) is 33.1. The molecule has 0 unspecified atom stereocenters. The Morgan fingerprint density at radius 1 is 0.593 bits per heavy atom. The number of hydroxylamine groups is 6. The fourth-order valence-corrected chi connectivity index (χ4v) is 7.67. The van der Waals surface area contributed by atoms with E-state index in [0.717, 1.165) is 19.3 Å². The highest BCUT2D eigenvalue weighted by atomic mass is 16.5. The van der Waals surface area contributed by atoms with E-state index in [2.05, 4.69) is 22.9 Å². The topological polar surface area (TPSA) is 209 Å². The van der Waals surface area contributed by atoms with Gasteiger partial charge in [-0.1, -0.05) is 26.2 Å². The summed E-state index contributed by atoms with van der Waals surface area (Å²) in [7, 11) is 0. The van der Waals surface area contributed by atoms with Gasteiger partial charge in [0.15, 0.2) is 0 Å². The molecule has 0 aromatic carbocycles. The first kappa shape index (κ1) is 46.9. The number of carbonyl (C=O) groups is 6. The molecule has 0 heterocycles. The van der Waals surface area contributed by atoms with Crippen molar-refractivity contribution in [1.82, 2.24) is 31.1 Å². The highest BCUT2D eigenvalue weighted by Crippen LogP contribution is 2.55. The molecule has 3 fully saturated rings. The Morgan fingerprint density at radius 3 is 1.52 bits per heavy atom. The van der Waals surface area contributed by atoms with Gasteiger partial charge in [0.25, 0.3) is 0 Å². The van der Waals surface area contributed by atoms with Crippen LogP contribution in [0.5, 0.6) is 0 Å². The van der Waals surface area contributed by atoms with Crippen molar-refractivity contribution in [2.75, 3.05) is 39.3 Å². The lowest BCUT2D eigenvalue weighted by molar-refractivity contribution is -0.166. The van der Waals surface area contributed by atoms with Crippen LogP contribution >= 0.6 is 0 Å². The van der Waals surface area contributed by atoms with Crippen molar-refractivity contribution in [1.29, 1.82) is 0 Å². The van der Waals surface area contributed by atoms with E-state index in [9.17, 15) is 44.4 Å². The Morgan fingerprint density at radius 2 is 1.06 bits per heavy atom. The number of fused-ring (bicyclic) bond motifs is 3. The van der Waals surface area contributed by atoms with E-state index in [1.165, 1.54) is 58.3 Å². The normalized spacial score (nSPS) is 18.8. The summed E-state index contributed by atoms with van der Waals surface area (Å²) >= 11 is 0. The van der Waals surface area contributed by atoms with Gasteiger partial charge in [0.05, 0.1) is 0 Å². The lowest BCUT2D eigenvalue weighted by atomic mass is 9.54. The number of amides is 6. The molecule has 0 radical (unpaired) electrons. The van der Waals surface area contributed by atoms with E-state index in [0.29, 0.717) is 91.1 Å². The standard InChI is InChI=1S/C39H70N6O9/c1-3-4-8-21-39-22-19-32(20-23-39)33(30-39)38(51)42-26-11-7-14-29-45(54)37(50)18-16-35(48)41-25-10-6-13-28-44(53)36(49)17-15-34(47)40-24-9-5-12-27-43(52)31(2)46/h32-33,52-54H,3-30H2,1-2H3,(H,40,47)(H,41,48)(H,42,51)/t32?,33-,39?/m0/s1. The minimum atomic E-state index is -0.552. The zero-order chi connectivity index (χ0) is 39.8. The first-order chi connectivity index (χ1) is 25.9. The summed E-state index contributed by atoms with van der Waals surface area (Å²) in [4.78, 5) is 72.4. The SMILES string of the molecule is CCCCCC12CCC(CC1)[C@@H](C(=O)NCCCCCN(O)C(=O)CCC(=O)NCCCCCN(O)C(=O)CCC(=O)NCCCCCN(O)C(C)=O)C2. The molecule has 0 aromatic heterocycles. The maximum Gasteiger partial charge on any atom is 0.246 e. The molecular weight excluding hydrogens is 696 g/mol. The van der Waals surface area contributed by atoms with E-state index >= 15 is 0 Å². The van der Waals surface area contributed by atoms with Gasteiger partial charge in [-0.2, -0.15) is 0 Å². The molecular formula is C39H70N6O9. The average molecular weight is 767 g/mol. The van der Waals surface area contributed by atoms with E-state index in [1.807, 2.05) is 0 Å². The molecule has 15 heteroatoms. The second kappa shape index (κ2) is 26.5. The van der Waals surface area contributed by atoms with Crippen molar-refractivity contribution < 1.29 is 44.4 Å². The van der Waals surface area contributed by atoms with Gasteiger partial charge in [-0.3, -0.25) is 44.4 Å². The second-order valence-electron chi connectivity index (χ2n) is 15.5. The predicted octanol–water partition coefficient (Wildman–Crippen LogP) is 4.86. The van der Waals surface area contributed by atoms with Crippen molar-refractivity contribution in [2.24, 2.45) is 17.3 Å². The molecule has 6 N–H and O–H groups in total. The summed E-state index contributed by atoms with van der Waals surface area (Å²) in [5, 5.41) is 39.9. The molecule has 0 spiro atoms. The molecule has 3 saturated carbocycles. The van der Waals surface area contributed by atoms with Gasteiger partial charge in [-0.15, -0.1) is 0 Å². The third-order valence-corrected chi connectivity index (χ3v) is 11.1. The summed E-state index contributed by atoms with van der Waals surface area (Å²) < 4.78 is 0. The lowest BCUT2D eigenvalue weighted by Gasteiger charge is -2.50. The minimum Gasteiger partial charge on any atom is -0.356 e. The van der Waals surface area contributed by atoms with Crippen molar-refractivity contribution in [2.45, 2.75) is 155 Å². The van der Waals surface area contributed by atoms with Crippen LogP contribution in [-0.2, 0) is 28.8 Å². The molecule has 2 bridgehead atoms. The molecule has 54 heavy (non-hydrogen) atoms. The Bertz CT molecular complexity index is 1160. The van der Waals surface area contributed by atoms with Crippen LogP contribution in [0.25, 0.3) is 0 Å². The fourth-order valence-electron chi connectivity index (χ4n) is 7.67. The van der Waals surface area contributed by atoms with E-state index in [4.69, 9.17) is 0 Å². The Labute approximate surface area is 322 Å². The fraction of sp³-hybridized carbons (Fsp3) is 0.846. The largest absolute Gasteiger partial charge is 0.356 e. The number of hydrogen-bond acceptors (Lipinski definition) is 9. The van der Waals surface area contributed by atoms with Gasteiger partial charge in [-0.25, -0.2) is 15.2 Å². The Hall–Kier alpha value is -3.30. The molecule has 1 atom stereocenters. The van der Waals surface area contributed by atoms with Crippen LogP contribution in [-0.4, -0.2) is 106 Å². The van der Waals surface area contributed by atoms with Crippen LogP contribution in [0, 0.1) is 17.3 Å². The van der Waals surface area contributed by atoms with Gasteiger partial charge < -0.3 is 16.0 Å². The molecule has 0 saturated heterocycles. The van der Waals surface area contributed by atoms with Gasteiger partial charge in [0.1, 0.15) is 0 Å². The van der Waals surface area contributed by atoms with E-state index in [-0.39, 0.29) is 69.0 Å². The number of carbonyl (C=O) groups excluding carboxylic acids is 6. The summed E-state index contributed by atoms with van der Waals surface area (Å²) in [5.41, 5.74) is 0.372. The molecule has 310 valence electrons. The van der Waals surface area contributed by atoms with Gasteiger partial charge in [0, 0.05) is 77.8 Å². The maximum absolute atomic E-state index is 13.0. The van der Waals surface area contributed by atoms with Gasteiger partial charge in [0.2, 0.25) is 35.4 Å². The van der Waals surface area contributed by atoms with Crippen molar-refractivity contribution in [3.63, 3.8) is 0 Å². The molecule has 0 aliphatic heterocycles. The smallest absolute Gasteiger partial charge is 0.246 e. The number of unbranched alkanes of at least 4 members (excludes halogenated alkanes) is 8. The van der Waals surface area contributed by atoms with Crippen LogP contribution in [0.1, 0.15) is 155 Å². The highest BCUT2D eigenvalue weighted by Gasteiger charge is 2.47. The average Bonchev–Trinajstić information content (AvgIpc) is 3.16. The van der Waals surface area contributed by atoms with Crippen LogP contribution in [0.2, 0.25) is 0 Å². The predicted molar refractivity (Wildman–Crippen MR) is 202 cm³/mol. The van der Waals surface area contributed by atoms with Crippen LogP contribution in [0.4, 0.5) is 0 Å². The van der Waals surface area contributed by atoms with E-state index < -0.39 is 17.7 Å². The zero-order valence-corrected chi connectivity index (χ0v) is 33.1. The molecule has 3 aliphatic rings. The molecule has 3 aliphatic carbocycles. The Balaban J connectivity index is 1.42. The van der Waals surface area contributed by atoms with Crippen LogP contribution in [0.15, 0.2) is 0 Å². The van der Waals surface area contributed by atoms with Gasteiger partial charge in [-0.05, 0) is 108 Å².